The average molecular weight is 306 g/mol. The van der Waals surface area contributed by atoms with E-state index in [2.05, 4.69) is 0 Å². The number of carbonyl (C=O) groups excluding carboxylic acids is 2. The van der Waals surface area contributed by atoms with Crippen LogP contribution in [0.3, 0.4) is 0 Å². The van der Waals surface area contributed by atoms with Gasteiger partial charge in [-0.2, -0.15) is 0 Å². The van der Waals surface area contributed by atoms with Crippen LogP contribution in [-0.4, -0.2) is 17.4 Å². The van der Waals surface area contributed by atoms with Gasteiger partial charge in [-0.25, -0.2) is 4.79 Å². The summed E-state index contributed by atoms with van der Waals surface area (Å²) < 4.78 is 5.50. The van der Waals surface area contributed by atoms with Crippen LogP contribution in [0.5, 0.6) is 0 Å². The molecule has 0 unspecified atom stereocenters. The summed E-state index contributed by atoms with van der Waals surface area (Å²) in [7, 11) is 0. The molecule has 2 atom stereocenters. The van der Waals surface area contributed by atoms with Crippen molar-refractivity contribution in [1.29, 1.82) is 0 Å². The molecule has 0 aliphatic carbocycles. The molecule has 1 aliphatic heterocycles. The summed E-state index contributed by atoms with van der Waals surface area (Å²) in [4.78, 5) is 24.2. The van der Waals surface area contributed by atoms with Gasteiger partial charge in [-0.1, -0.05) is 60.7 Å². The minimum Gasteiger partial charge on any atom is -0.451 e. The molecule has 1 heterocycles. The second kappa shape index (κ2) is 6.21. The molecule has 0 saturated heterocycles. The number of hydrogen-bond acceptors (Lipinski definition) is 3. The number of esters is 1. The molecule has 0 radical (unpaired) electrons. The zero-order chi connectivity index (χ0) is 16.3. The molecule has 0 fully saturated rings. The molecule has 0 aromatic heterocycles. The Labute approximate surface area is 135 Å². The zero-order valence-electron chi connectivity index (χ0n) is 12.9. The van der Waals surface area contributed by atoms with E-state index in [1.165, 1.54) is 6.08 Å². The van der Waals surface area contributed by atoms with Crippen molar-refractivity contribution in [3.63, 3.8) is 0 Å². The van der Waals surface area contributed by atoms with Crippen LogP contribution < -0.4 is 0 Å². The maximum atomic E-state index is 12.6. The quantitative estimate of drug-likeness (QED) is 0.621. The fourth-order valence-corrected chi connectivity index (χ4v) is 2.97. The molecule has 3 heteroatoms. The second-order valence-electron chi connectivity index (χ2n) is 5.89. The van der Waals surface area contributed by atoms with E-state index in [0.717, 1.165) is 5.56 Å². The van der Waals surface area contributed by atoms with Crippen LogP contribution in [-0.2, 0) is 9.53 Å². The topological polar surface area (TPSA) is 43.4 Å². The highest BCUT2D eigenvalue weighted by Gasteiger charge is 2.40. The van der Waals surface area contributed by atoms with Crippen LogP contribution in [0.15, 0.2) is 72.8 Å². The van der Waals surface area contributed by atoms with E-state index in [1.54, 1.807) is 6.08 Å². The van der Waals surface area contributed by atoms with Crippen LogP contribution in [0.1, 0.15) is 35.2 Å². The third kappa shape index (κ3) is 3.24. The number of rotatable bonds is 5. The average Bonchev–Trinajstić information content (AvgIpc) is 2.94. The van der Waals surface area contributed by atoms with Gasteiger partial charge < -0.3 is 4.74 Å². The molecule has 0 amide bonds. The molecule has 23 heavy (non-hydrogen) atoms. The predicted octanol–water partition coefficient (Wildman–Crippen LogP) is 3.91. The number of ketones is 1. The lowest BCUT2D eigenvalue weighted by Crippen LogP contribution is -2.34. The van der Waals surface area contributed by atoms with E-state index < -0.39 is 5.60 Å². The van der Waals surface area contributed by atoms with Gasteiger partial charge in [0.25, 0.3) is 0 Å². The summed E-state index contributed by atoms with van der Waals surface area (Å²) in [5, 5.41) is 0. The maximum Gasteiger partial charge on any atom is 0.331 e. The van der Waals surface area contributed by atoms with Crippen LogP contribution >= 0.6 is 0 Å². The number of ether oxygens (including phenoxy) is 1. The highest BCUT2D eigenvalue weighted by molar-refractivity contribution is 5.96. The number of hydrogen-bond donors (Lipinski definition) is 0. The van der Waals surface area contributed by atoms with Crippen LogP contribution in [0, 0.1) is 0 Å². The monoisotopic (exact) mass is 306 g/mol. The van der Waals surface area contributed by atoms with Crippen molar-refractivity contribution in [1.82, 2.24) is 0 Å². The van der Waals surface area contributed by atoms with Gasteiger partial charge in [0.1, 0.15) is 5.60 Å². The van der Waals surface area contributed by atoms with Crippen molar-refractivity contribution in [2.24, 2.45) is 0 Å². The molecule has 3 rings (SSSR count). The molecule has 3 nitrogen and oxygen atoms in total. The third-order valence-corrected chi connectivity index (χ3v) is 4.25. The van der Waals surface area contributed by atoms with E-state index in [1.807, 2.05) is 67.6 Å². The Balaban J connectivity index is 1.92. The van der Waals surface area contributed by atoms with Crippen LogP contribution in [0.4, 0.5) is 0 Å². The highest BCUT2D eigenvalue weighted by Crippen LogP contribution is 2.39. The summed E-state index contributed by atoms with van der Waals surface area (Å²) >= 11 is 0. The number of cyclic esters (lactones) is 1. The molecule has 0 spiro atoms. The summed E-state index contributed by atoms with van der Waals surface area (Å²) in [5.41, 5.74) is 0.854. The molecule has 1 aliphatic rings. The first-order chi connectivity index (χ1) is 11.1. The standard InChI is InChI=1S/C20H18O3/c1-20(13-12-19(22)23-20)17(15-8-4-2-5-9-15)14-18(21)16-10-6-3-7-11-16/h2-13,17H,14H2,1H3/t17-,20+/m0/s1. The lowest BCUT2D eigenvalue weighted by atomic mass is 9.79. The molecule has 0 bridgehead atoms. The highest BCUT2D eigenvalue weighted by atomic mass is 16.6. The minimum atomic E-state index is -0.803. The van der Waals surface area contributed by atoms with E-state index in [9.17, 15) is 9.59 Å². The SMILES string of the molecule is C[C@]1([C@@H](CC(=O)c2ccccc2)c2ccccc2)C=CC(=O)O1. The predicted molar refractivity (Wildman–Crippen MR) is 88.2 cm³/mol. The first-order valence-electron chi connectivity index (χ1n) is 7.64. The molecule has 2 aromatic rings. The van der Waals surface area contributed by atoms with E-state index in [0.29, 0.717) is 5.56 Å². The molecule has 0 saturated carbocycles. The Hall–Kier alpha value is -2.68. The van der Waals surface area contributed by atoms with Crippen LogP contribution in [0.25, 0.3) is 0 Å². The number of carbonyl (C=O) groups is 2. The lowest BCUT2D eigenvalue weighted by Gasteiger charge is -2.31. The largest absolute Gasteiger partial charge is 0.451 e. The van der Waals surface area contributed by atoms with Crippen molar-refractivity contribution in [2.45, 2.75) is 24.9 Å². The number of benzene rings is 2. The van der Waals surface area contributed by atoms with Gasteiger partial charge in [-0.15, -0.1) is 0 Å². The Morgan fingerprint density at radius 3 is 2.22 bits per heavy atom. The van der Waals surface area contributed by atoms with Crippen molar-refractivity contribution >= 4 is 11.8 Å². The van der Waals surface area contributed by atoms with Crippen molar-refractivity contribution in [3.8, 4) is 0 Å². The summed E-state index contributed by atoms with van der Waals surface area (Å²) in [6.45, 7) is 1.85. The van der Waals surface area contributed by atoms with Gasteiger partial charge in [-0.05, 0) is 18.6 Å². The molecular weight excluding hydrogens is 288 g/mol. The van der Waals surface area contributed by atoms with Crippen LogP contribution in [0.2, 0.25) is 0 Å². The van der Waals surface area contributed by atoms with E-state index in [-0.39, 0.29) is 24.1 Å². The van der Waals surface area contributed by atoms with Crippen molar-refractivity contribution in [3.05, 3.63) is 83.9 Å². The molecular formula is C20H18O3. The first-order valence-corrected chi connectivity index (χ1v) is 7.64. The summed E-state index contributed by atoms with van der Waals surface area (Å²) in [5.74, 6) is -0.545. The zero-order valence-corrected chi connectivity index (χ0v) is 12.9. The normalized spacial score (nSPS) is 21.0. The first kappa shape index (κ1) is 15.2. The lowest BCUT2D eigenvalue weighted by molar-refractivity contribution is -0.145. The molecule has 0 N–H and O–H groups in total. The van der Waals surface area contributed by atoms with Crippen molar-refractivity contribution < 1.29 is 14.3 Å². The van der Waals surface area contributed by atoms with E-state index in [4.69, 9.17) is 4.74 Å². The van der Waals surface area contributed by atoms with Gasteiger partial charge >= 0.3 is 5.97 Å². The Bertz CT molecular complexity index is 734. The maximum absolute atomic E-state index is 12.6. The Kier molecular flexibility index (Phi) is 4.11. The Morgan fingerprint density at radius 2 is 1.65 bits per heavy atom. The third-order valence-electron chi connectivity index (χ3n) is 4.25. The summed E-state index contributed by atoms with van der Waals surface area (Å²) in [6, 6.07) is 18.9. The Morgan fingerprint density at radius 1 is 1.04 bits per heavy atom. The molecule has 116 valence electrons. The smallest absolute Gasteiger partial charge is 0.331 e. The minimum absolute atomic E-state index is 0.0389. The van der Waals surface area contributed by atoms with E-state index >= 15 is 0 Å². The number of Topliss-reactive ketones (excluding diaryl/α,β-unsaturated/α-hetero) is 1. The second-order valence-corrected chi connectivity index (χ2v) is 5.89. The molecule has 2 aromatic carbocycles. The van der Waals surface area contributed by atoms with Crippen molar-refractivity contribution in [2.75, 3.05) is 0 Å². The van der Waals surface area contributed by atoms with Gasteiger partial charge in [0.15, 0.2) is 5.78 Å². The van der Waals surface area contributed by atoms with Gasteiger partial charge in [0.2, 0.25) is 0 Å². The fourth-order valence-electron chi connectivity index (χ4n) is 2.97. The van der Waals surface area contributed by atoms with Gasteiger partial charge in [-0.3, -0.25) is 4.79 Å². The fraction of sp³-hybridized carbons (Fsp3) is 0.200. The summed E-state index contributed by atoms with van der Waals surface area (Å²) in [6.07, 6.45) is 3.47. The van der Waals surface area contributed by atoms with Gasteiger partial charge in [0, 0.05) is 24.0 Å². The van der Waals surface area contributed by atoms with Gasteiger partial charge in [0.05, 0.1) is 0 Å².